The van der Waals surface area contributed by atoms with E-state index in [1.807, 2.05) is 25.3 Å². The van der Waals surface area contributed by atoms with Crippen molar-refractivity contribution in [2.45, 2.75) is 37.3 Å². The number of hydrogen-bond acceptors (Lipinski definition) is 4. The zero-order valence-corrected chi connectivity index (χ0v) is 13.4. The fourth-order valence-electron chi connectivity index (χ4n) is 2.77. The Morgan fingerprint density at radius 2 is 2.10 bits per heavy atom. The van der Waals surface area contributed by atoms with Gasteiger partial charge < -0.3 is 15.2 Å². The van der Waals surface area contributed by atoms with E-state index in [0.29, 0.717) is 18.5 Å². The minimum atomic E-state index is -0.616. The van der Waals surface area contributed by atoms with Crippen molar-refractivity contribution in [1.29, 1.82) is 0 Å². The van der Waals surface area contributed by atoms with Crippen molar-refractivity contribution in [3.63, 3.8) is 0 Å². The van der Waals surface area contributed by atoms with Crippen LogP contribution < -0.4 is 10.1 Å². The lowest BCUT2D eigenvalue weighted by molar-refractivity contribution is 0.0755. The molecule has 2 N–H and O–H groups in total. The Balaban J connectivity index is 1.80. The van der Waals surface area contributed by atoms with Crippen LogP contribution in [0.15, 0.2) is 24.3 Å². The molecule has 112 valence electrons. The number of benzene rings is 1. The Hall–Kier alpha value is -0.710. The van der Waals surface area contributed by atoms with Gasteiger partial charge in [-0.1, -0.05) is 18.2 Å². The van der Waals surface area contributed by atoms with Gasteiger partial charge >= 0.3 is 0 Å². The number of aliphatic hydroxyl groups is 1. The minimum absolute atomic E-state index is 0.512. The van der Waals surface area contributed by atoms with E-state index in [2.05, 4.69) is 17.4 Å². The molecule has 0 aliphatic heterocycles. The van der Waals surface area contributed by atoms with Gasteiger partial charge in [0.05, 0.1) is 12.7 Å². The molecule has 1 aromatic carbocycles. The fourth-order valence-corrected chi connectivity index (χ4v) is 3.49. The van der Waals surface area contributed by atoms with Gasteiger partial charge in [0.15, 0.2) is 0 Å². The van der Waals surface area contributed by atoms with E-state index in [1.54, 1.807) is 18.9 Å². The molecule has 0 aromatic heterocycles. The van der Waals surface area contributed by atoms with Crippen LogP contribution in [0.4, 0.5) is 0 Å². The molecule has 1 saturated carbocycles. The Bertz CT molecular complexity index is 430. The summed E-state index contributed by atoms with van der Waals surface area (Å²) in [5.41, 5.74) is 0.693. The van der Waals surface area contributed by atoms with Gasteiger partial charge in [0.2, 0.25) is 0 Å². The third kappa shape index (κ3) is 3.90. The Morgan fingerprint density at radius 3 is 2.75 bits per heavy atom. The molecule has 20 heavy (non-hydrogen) atoms. The number of nitrogens with one attached hydrogen (secondary N) is 1. The molecule has 0 heterocycles. The quantitative estimate of drug-likeness (QED) is 0.811. The lowest BCUT2D eigenvalue weighted by atomic mass is 9.75. The fraction of sp³-hybridized carbons (Fsp3) is 0.625. The SMILES string of the molecule is COc1ccccc1C1CC(NCC(C)(O)CSC)C1. The topological polar surface area (TPSA) is 41.5 Å². The molecule has 0 spiro atoms. The molecule has 0 amide bonds. The summed E-state index contributed by atoms with van der Waals surface area (Å²) in [6.45, 7) is 2.56. The second-order valence-corrected chi connectivity index (χ2v) is 6.78. The number of hydrogen-bond donors (Lipinski definition) is 2. The highest BCUT2D eigenvalue weighted by molar-refractivity contribution is 7.98. The molecule has 3 nitrogen and oxygen atoms in total. The highest BCUT2D eigenvalue weighted by atomic mass is 32.2. The highest BCUT2D eigenvalue weighted by Gasteiger charge is 2.33. The normalized spacial score (nSPS) is 24.8. The van der Waals surface area contributed by atoms with Crippen molar-refractivity contribution in [1.82, 2.24) is 5.32 Å². The molecule has 1 unspecified atom stereocenters. The average Bonchev–Trinajstić information content (AvgIpc) is 2.37. The van der Waals surface area contributed by atoms with E-state index in [9.17, 15) is 5.11 Å². The van der Waals surface area contributed by atoms with E-state index < -0.39 is 5.60 Å². The van der Waals surface area contributed by atoms with Gasteiger partial charge in [-0.2, -0.15) is 11.8 Å². The largest absolute Gasteiger partial charge is 0.496 e. The first-order valence-corrected chi connectivity index (χ1v) is 8.53. The molecule has 1 fully saturated rings. The predicted octanol–water partition coefficient (Wildman–Crippen LogP) is 2.64. The monoisotopic (exact) mass is 295 g/mol. The summed E-state index contributed by atoms with van der Waals surface area (Å²) in [6, 6.07) is 8.78. The number of ether oxygens (including phenoxy) is 1. The zero-order valence-electron chi connectivity index (χ0n) is 12.6. The maximum atomic E-state index is 10.1. The second-order valence-electron chi connectivity index (χ2n) is 5.92. The standard InChI is InChI=1S/C16H25NO2S/c1-16(18,11-20-3)10-17-13-8-12(9-13)14-6-4-5-7-15(14)19-2/h4-7,12-13,17-18H,8-11H2,1-3H3. The maximum Gasteiger partial charge on any atom is 0.122 e. The summed E-state index contributed by atoms with van der Waals surface area (Å²) in [4.78, 5) is 0. The highest BCUT2D eigenvalue weighted by Crippen LogP contribution is 2.40. The van der Waals surface area contributed by atoms with Gasteiger partial charge in [0.1, 0.15) is 5.75 Å². The Labute approximate surface area is 126 Å². The first-order valence-electron chi connectivity index (χ1n) is 7.13. The van der Waals surface area contributed by atoms with Crippen LogP contribution >= 0.6 is 11.8 Å². The van der Waals surface area contributed by atoms with E-state index in [-0.39, 0.29) is 0 Å². The van der Waals surface area contributed by atoms with Gasteiger partial charge in [-0.3, -0.25) is 0 Å². The summed E-state index contributed by atoms with van der Waals surface area (Å²) in [5, 5.41) is 13.6. The van der Waals surface area contributed by atoms with Crippen LogP contribution in [-0.4, -0.2) is 42.4 Å². The van der Waals surface area contributed by atoms with Crippen LogP contribution in [0, 0.1) is 0 Å². The third-order valence-electron chi connectivity index (χ3n) is 3.94. The minimum Gasteiger partial charge on any atom is -0.496 e. The molecule has 1 atom stereocenters. The van der Waals surface area contributed by atoms with Crippen LogP contribution in [0.1, 0.15) is 31.2 Å². The summed E-state index contributed by atoms with van der Waals surface area (Å²) < 4.78 is 5.42. The Morgan fingerprint density at radius 1 is 1.40 bits per heavy atom. The first kappa shape index (κ1) is 15.7. The van der Waals surface area contributed by atoms with E-state index >= 15 is 0 Å². The van der Waals surface area contributed by atoms with Crippen LogP contribution in [0.5, 0.6) is 5.75 Å². The van der Waals surface area contributed by atoms with E-state index in [0.717, 1.165) is 24.3 Å². The number of methoxy groups -OCH3 is 1. The number of thioether (sulfide) groups is 1. The van der Waals surface area contributed by atoms with Crippen molar-refractivity contribution >= 4 is 11.8 Å². The zero-order chi connectivity index (χ0) is 14.6. The van der Waals surface area contributed by atoms with Crippen molar-refractivity contribution in [2.24, 2.45) is 0 Å². The van der Waals surface area contributed by atoms with Gasteiger partial charge in [0, 0.05) is 18.3 Å². The summed E-state index contributed by atoms with van der Waals surface area (Å²) in [6.07, 6.45) is 4.26. The maximum absolute atomic E-state index is 10.1. The van der Waals surface area contributed by atoms with Crippen LogP contribution in [0.2, 0.25) is 0 Å². The van der Waals surface area contributed by atoms with Gasteiger partial charge in [-0.05, 0) is 43.6 Å². The molecule has 0 bridgehead atoms. The smallest absolute Gasteiger partial charge is 0.122 e. The molecule has 0 radical (unpaired) electrons. The molecule has 0 saturated heterocycles. The molecular formula is C16H25NO2S. The van der Waals surface area contributed by atoms with Crippen LogP contribution in [0.3, 0.4) is 0 Å². The Kier molecular flexibility index (Phi) is 5.35. The third-order valence-corrected chi connectivity index (χ3v) is 4.85. The first-order chi connectivity index (χ1) is 9.55. The summed E-state index contributed by atoms with van der Waals surface area (Å²) in [5.74, 6) is 2.34. The van der Waals surface area contributed by atoms with Crippen molar-refractivity contribution in [2.75, 3.05) is 25.7 Å². The van der Waals surface area contributed by atoms with Crippen molar-refractivity contribution in [3.05, 3.63) is 29.8 Å². The molecule has 1 aromatic rings. The summed E-state index contributed by atoms with van der Waals surface area (Å²) in [7, 11) is 1.73. The van der Waals surface area contributed by atoms with Gasteiger partial charge in [-0.25, -0.2) is 0 Å². The molecule has 2 rings (SSSR count). The number of rotatable bonds is 7. The molecule has 1 aliphatic rings. The van der Waals surface area contributed by atoms with Crippen LogP contribution in [0.25, 0.3) is 0 Å². The molecule has 1 aliphatic carbocycles. The van der Waals surface area contributed by atoms with E-state index in [1.165, 1.54) is 5.56 Å². The summed E-state index contributed by atoms with van der Waals surface area (Å²) >= 11 is 1.68. The van der Waals surface area contributed by atoms with Gasteiger partial charge in [0.25, 0.3) is 0 Å². The average molecular weight is 295 g/mol. The number of para-hydroxylation sites is 1. The van der Waals surface area contributed by atoms with Crippen molar-refractivity contribution in [3.8, 4) is 5.75 Å². The predicted molar refractivity (Wildman–Crippen MR) is 85.8 cm³/mol. The van der Waals surface area contributed by atoms with Crippen LogP contribution in [-0.2, 0) is 0 Å². The van der Waals surface area contributed by atoms with E-state index in [4.69, 9.17) is 4.74 Å². The van der Waals surface area contributed by atoms with Gasteiger partial charge in [-0.15, -0.1) is 0 Å². The van der Waals surface area contributed by atoms with Crippen molar-refractivity contribution < 1.29 is 9.84 Å². The molecule has 4 heteroatoms. The lowest BCUT2D eigenvalue weighted by Crippen LogP contribution is -2.48. The second kappa shape index (κ2) is 6.83. The lowest BCUT2D eigenvalue weighted by Gasteiger charge is -2.38. The molecular weight excluding hydrogens is 270 g/mol.